The van der Waals surface area contributed by atoms with Crippen LogP contribution in [0.25, 0.3) is 93.7 Å². The molecule has 1 aliphatic heterocycles. The third kappa shape index (κ3) is 5.02. The molecule has 2 aliphatic rings. The molecule has 0 saturated carbocycles. The fourth-order valence-corrected chi connectivity index (χ4v) is 9.22. The van der Waals surface area contributed by atoms with Crippen molar-refractivity contribution in [2.45, 2.75) is 6.04 Å². The maximum absolute atomic E-state index is 6.40. The summed E-state index contributed by atoms with van der Waals surface area (Å²) in [6.45, 7) is 0. The van der Waals surface area contributed by atoms with Gasteiger partial charge in [-0.2, -0.15) is 0 Å². The van der Waals surface area contributed by atoms with Gasteiger partial charge in [-0.25, -0.2) is 4.99 Å². The Kier molecular flexibility index (Phi) is 6.99. The molecule has 1 aliphatic carbocycles. The van der Waals surface area contributed by atoms with Crippen LogP contribution in [0.3, 0.4) is 0 Å². The van der Waals surface area contributed by atoms with Crippen molar-refractivity contribution in [3.8, 4) is 44.5 Å². The number of nitrogens with one attached hydrogen (secondary N) is 1. The van der Waals surface area contributed by atoms with Crippen LogP contribution in [0.2, 0.25) is 0 Å². The second-order valence-corrected chi connectivity index (χ2v) is 15.1. The SMILES string of the molecule is C1=C(c2ccc(-c3cccc4ccccc34)cc2)N=C(c2ccc3cccc4c3c2-c2ccc3oc5ccccc5c3c2-4)NC1c1cccc(-c2ccccc2)c1. The molecule has 2 heterocycles. The molecule has 266 valence electrons. The Labute approximate surface area is 329 Å². The lowest BCUT2D eigenvalue weighted by atomic mass is 9.93. The molecule has 3 nitrogen and oxygen atoms in total. The van der Waals surface area contributed by atoms with E-state index in [9.17, 15) is 0 Å². The summed E-state index contributed by atoms with van der Waals surface area (Å²) < 4.78 is 6.40. The lowest BCUT2D eigenvalue weighted by molar-refractivity contribution is 0.669. The van der Waals surface area contributed by atoms with Crippen molar-refractivity contribution in [2.75, 3.05) is 0 Å². The number of benzene rings is 9. The highest BCUT2D eigenvalue weighted by Gasteiger charge is 2.31. The van der Waals surface area contributed by atoms with Crippen LogP contribution >= 0.6 is 0 Å². The van der Waals surface area contributed by atoms with Gasteiger partial charge in [0.1, 0.15) is 17.0 Å². The number of fused-ring (bicyclic) bond motifs is 8. The fraction of sp³-hybridized carbons (Fsp3) is 0.0185. The summed E-state index contributed by atoms with van der Waals surface area (Å²) in [6, 6.07) is 67.3. The normalized spacial score (nSPS) is 14.5. The molecule has 0 spiro atoms. The highest BCUT2D eigenvalue weighted by molar-refractivity contribution is 6.28. The molecule has 1 N–H and O–H groups in total. The van der Waals surface area contributed by atoms with Gasteiger partial charge >= 0.3 is 0 Å². The van der Waals surface area contributed by atoms with Gasteiger partial charge in [0.15, 0.2) is 0 Å². The zero-order valence-electron chi connectivity index (χ0n) is 30.9. The Morgan fingerprint density at radius 3 is 2.00 bits per heavy atom. The van der Waals surface area contributed by atoms with E-state index < -0.39 is 0 Å². The first kappa shape index (κ1) is 31.8. The van der Waals surface area contributed by atoms with Gasteiger partial charge in [0, 0.05) is 27.5 Å². The van der Waals surface area contributed by atoms with Crippen LogP contribution in [-0.2, 0) is 0 Å². The second-order valence-electron chi connectivity index (χ2n) is 15.1. The summed E-state index contributed by atoms with van der Waals surface area (Å²) in [6.07, 6.45) is 2.28. The van der Waals surface area contributed by atoms with Crippen LogP contribution in [0.15, 0.2) is 204 Å². The number of nitrogens with zero attached hydrogens (tertiary/aromatic N) is 1. The van der Waals surface area contributed by atoms with Crippen molar-refractivity contribution in [1.29, 1.82) is 0 Å². The molecule has 0 amide bonds. The summed E-state index contributed by atoms with van der Waals surface area (Å²) in [5, 5.41) is 11.2. The monoisotopic (exact) mass is 726 g/mol. The van der Waals surface area contributed by atoms with E-state index in [2.05, 4.69) is 193 Å². The van der Waals surface area contributed by atoms with E-state index in [4.69, 9.17) is 9.41 Å². The number of aliphatic imine (C=N–C) groups is 1. The van der Waals surface area contributed by atoms with E-state index in [1.165, 1.54) is 77.0 Å². The Hall–Kier alpha value is -7.49. The summed E-state index contributed by atoms with van der Waals surface area (Å²) in [5.41, 5.74) is 15.8. The number of hydrogen-bond donors (Lipinski definition) is 1. The number of hydrogen-bond acceptors (Lipinski definition) is 3. The fourth-order valence-electron chi connectivity index (χ4n) is 9.22. The van der Waals surface area contributed by atoms with Crippen molar-refractivity contribution in [1.82, 2.24) is 5.32 Å². The summed E-state index contributed by atoms with van der Waals surface area (Å²) in [7, 11) is 0. The predicted molar refractivity (Wildman–Crippen MR) is 237 cm³/mol. The smallest absolute Gasteiger partial charge is 0.136 e. The van der Waals surface area contributed by atoms with Crippen molar-refractivity contribution < 1.29 is 4.42 Å². The van der Waals surface area contributed by atoms with Gasteiger partial charge in [-0.05, 0) is 96.4 Å². The van der Waals surface area contributed by atoms with Gasteiger partial charge in [-0.15, -0.1) is 0 Å². The summed E-state index contributed by atoms with van der Waals surface area (Å²) in [4.78, 5) is 5.49. The summed E-state index contributed by atoms with van der Waals surface area (Å²) in [5.74, 6) is 0.859. The number of para-hydroxylation sites is 1. The Morgan fingerprint density at radius 2 is 1.11 bits per heavy atom. The quantitative estimate of drug-likeness (QED) is 0.192. The maximum Gasteiger partial charge on any atom is 0.136 e. The third-order valence-corrected chi connectivity index (χ3v) is 11.9. The third-order valence-electron chi connectivity index (χ3n) is 11.9. The molecule has 1 atom stereocenters. The highest BCUT2D eigenvalue weighted by Crippen LogP contribution is 2.53. The average molecular weight is 727 g/mol. The highest BCUT2D eigenvalue weighted by atomic mass is 16.3. The van der Waals surface area contributed by atoms with Gasteiger partial charge < -0.3 is 9.73 Å². The van der Waals surface area contributed by atoms with Crippen LogP contribution in [0.5, 0.6) is 0 Å². The Morgan fingerprint density at radius 1 is 0.421 bits per heavy atom. The van der Waals surface area contributed by atoms with Crippen molar-refractivity contribution in [3.63, 3.8) is 0 Å². The Bertz CT molecular complexity index is 3310. The minimum absolute atomic E-state index is 0.117. The van der Waals surface area contributed by atoms with E-state index >= 15 is 0 Å². The molecule has 10 aromatic rings. The van der Waals surface area contributed by atoms with Crippen LogP contribution in [-0.4, -0.2) is 5.84 Å². The van der Waals surface area contributed by atoms with Crippen molar-refractivity contribution in [3.05, 3.63) is 211 Å². The standard InChI is InChI=1S/C54H34N2O/c1-2-11-33(12-3-1)38-16-8-17-39(31-38)47-32-46(36-25-23-35(24-26-36)41-20-9-14-34-13-4-5-18-40(34)41)55-54(56-47)45-28-27-37-15-10-21-43-50(37)52(45)44-29-30-49-53(51(43)44)42-19-6-7-22-48(42)57-49/h1-32,47H,(H,55,56). The predicted octanol–water partition coefficient (Wildman–Crippen LogP) is 14.0. The van der Waals surface area contributed by atoms with E-state index in [0.717, 1.165) is 39.2 Å². The number of rotatable bonds is 5. The minimum Gasteiger partial charge on any atom is -0.456 e. The molecular formula is C54H34N2O. The van der Waals surface area contributed by atoms with E-state index in [1.807, 2.05) is 6.07 Å². The zero-order valence-corrected chi connectivity index (χ0v) is 30.9. The number of amidine groups is 1. The topological polar surface area (TPSA) is 37.5 Å². The average Bonchev–Trinajstić information content (AvgIpc) is 3.83. The van der Waals surface area contributed by atoms with Gasteiger partial charge in [-0.3, -0.25) is 0 Å². The van der Waals surface area contributed by atoms with Gasteiger partial charge in [0.2, 0.25) is 0 Å². The first-order chi connectivity index (χ1) is 28.2. The lowest BCUT2D eigenvalue weighted by Gasteiger charge is -2.26. The first-order valence-electron chi connectivity index (χ1n) is 19.6. The molecular weight excluding hydrogens is 693 g/mol. The second kappa shape index (κ2) is 12.5. The molecule has 1 unspecified atom stereocenters. The van der Waals surface area contributed by atoms with Crippen LogP contribution < -0.4 is 5.32 Å². The molecule has 57 heavy (non-hydrogen) atoms. The molecule has 9 aromatic carbocycles. The molecule has 1 aromatic heterocycles. The van der Waals surface area contributed by atoms with Crippen LogP contribution in [0, 0.1) is 0 Å². The molecule has 0 fully saturated rings. The van der Waals surface area contributed by atoms with E-state index in [-0.39, 0.29) is 6.04 Å². The molecule has 3 heteroatoms. The molecule has 0 radical (unpaired) electrons. The first-order valence-corrected chi connectivity index (χ1v) is 19.6. The van der Waals surface area contributed by atoms with E-state index in [0.29, 0.717) is 0 Å². The van der Waals surface area contributed by atoms with Gasteiger partial charge in [0.05, 0.1) is 11.7 Å². The lowest BCUT2D eigenvalue weighted by Crippen LogP contribution is -2.31. The maximum atomic E-state index is 6.40. The molecule has 0 bridgehead atoms. The Balaban J connectivity index is 1.04. The molecule has 0 saturated heterocycles. The number of furan rings is 1. The summed E-state index contributed by atoms with van der Waals surface area (Å²) >= 11 is 0. The largest absolute Gasteiger partial charge is 0.456 e. The van der Waals surface area contributed by atoms with E-state index in [1.54, 1.807) is 0 Å². The van der Waals surface area contributed by atoms with Gasteiger partial charge in [0.25, 0.3) is 0 Å². The zero-order chi connectivity index (χ0) is 37.5. The van der Waals surface area contributed by atoms with Crippen LogP contribution in [0.4, 0.5) is 0 Å². The van der Waals surface area contributed by atoms with Gasteiger partial charge in [-0.1, -0.05) is 164 Å². The van der Waals surface area contributed by atoms with Crippen molar-refractivity contribution in [2.24, 2.45) is 4.99 Å². The van der Waals surface area contributed by atoms with Crippen molar-refractivity contribution >= 4 is 55.0 Å². The minimum atomic E-state index is -0.117. The van der Waals surface area contributed by atoms with Crippen LogP contribution in [0.1, 0.15) is 22.7 Å². The molecule has 12 rings (SSSR count).